The SMILES string of the molecule is CCOC1N=Cc2ccccc2N1NC. The van der Waals surface area contributed by atoms with Crippen molar-refractivity contribution >= 4 is 11.9 Å². The number of ether oxygens (including phenoxy) is 1. The molecule has 15 heavy (non-hydrogen) atoms. The number of hydrazine groups is 1. The summed E-state index contributed by atoms with van der Waals surface area (Å²) >= 11 is 0. The summed E-state index contributed by atoms with van der Waals surface area (Å²) < 4.78 is 5.51. The Kier molecular flexibility index (Phi) is 2.99. The normalized spacial score (nSPS) is 19.1. The van der Waals surface area contributed by atoms with Gasteiger partial charge in [-0.15, -0.1) is 0 Å². The molecular weight excluding hydrogens is 190 g/mol. The van der Waals surface area contributed by atoms with Crippen LogP contribution in [0.15, 0.2) is 29.3 Å². The standard InChI is InChI=1S/C11H15N3O/c1-3-15-11-13-8-9-6-4-5-7-10(9)14(11)12-2/h4-8,11-12H,3H2,1-2H3. The number of para-hydroxylation sites is 1. The first-order valence-corrected chi connectivity index (χ1v) is 5.07. The highest BCUT2D eigenvalue weighted by molar-refractivity contribution is 5.89. The number of fused-ring (bicyclic) bond motifs is 1. The lowest BCUT2D eigenvalue weighted by atomic mass is 10.1. The number of aliphatic imine (C=N–C) groups is 1. The zero-order valence-corrected chi connectivity index (χ0v) is 8.97. The summed E-state index contributed by atoms with van der Waals surface area (Å²) in [5.74, 6) is 0. The molecule has 1 aliphatic heterocycles. The predicted molar refractivity (Wildman–Crippen MR) is 61.0 cm³/mol. The lowest BCUT2D eigenvalue weighted by Crippen LogP contribution is -2.46. The van der Waals surface area contributed by atoms with Gasteiger partial charge >= 0.3 is 0 Å². The maximum atomic E-state index is 5.51. The molecule has 4 nitrogen and oxygen atoms in total. The number of nitrogens with zero attached hydrogens (tertiary/aromatic N) is 2. The molecule has 1 aliphatic rings. The van der Waals surface area contributed by atoms with E-state index >= 15 is 0 Å². The average molecular weight is 205 g/mol. The molecule has 0 fully saturated rings. The van der Waals surface area contributed by atoms with Gasteiger partial charge < -0.3 is 4.74 Å². The van der Waals surface area contributed by atoms with E-state index < -0.39 is 0 Å². The number of hydrogen-bond donors (Lipinski definition) is 1. The van der Waals surface area contributed by atoms with Crippen LogP contribution < -0.4 is 10.4 Å². The summed E-state index contributed by atoms with van der Waals surface area (Å²) in [6, 6.07) is 8.08. The summed E-state index contributed by atoms with van der Waals surface area (Å²) in [5.41, 5.74) is 5.28. The van der Waals surface area contributed by atoms with Crippen molar-refractivity contribution in [2.24, 2.45) is 4.99 Å². The molecule has 80 valence electrons. The lowest BCUT2D eigenvalue weighted by Gasteiger charge is -2.32. The minimum atomic E-state index is -0.269. The molecule has 1 heterocycles. The van der Waals surface area contributed by atoms with Gasteiger partial charge in [0.2, 0.25) is 6.35 Å². The van der Waals surface area contributed by atoms with E-state index in [0.717, 1.165) is 11.3 Å². The molecule has 0 saturated carbocycles. The van der Waals surface area contributed by atoms with Crippen LogP contribution in [0.3, 0.4) is 0 Å². The van der Waals surface area contributed by atoms with E-state index in [2.05, 4.69) is 10.4 Å². The van der Waals surface area contributed by atoms with Crippen molar-refractivity contribution in [1.29, 1.82) is 0 Å². The van der Waals surface area contributed by atoms with Crippen LogP contribution in [0.25, 0.3) is 0 Å². The third-order valence-electron chi connectivity index (χ3n) is 2.31. The highest BCUT2D eigenvalue weighted by Crippen LogP contribution is 2.23. The van der Waals surface area contributed by atoms with Crippen molar-refractivity contribution in [2.75, 3.05) is 18.7 Å². The summed E-state index contributed by atoms with van der Waals surface area (Å²) in [4.78, 5) is 4.33. The van der Waals surface area contributed by atoms with Gasteiger partial charge in [-0.25, -0.2) is 10.4 Å². The van der Waals surface area contributed by atoms with E-state index in [1.165, 1.54) is 0 Å². The summed E-state index contributed by atoms with van der Waals surface area (Å²) in [6.07, 6.45) is 1.58. The molecule has 0 spiro atoms. The molecule has 1 atom stereocenters. The largest absolute Gasteiger partial charge is 0.338 e. The zero-order valence-electron chi connectivity index (χ0n) is 8.97. The number of rotatable bonds is 3. The third kappa shape index (κ3) is 1.86. The van der Waals surface area contributed by atoms with Gasteiger partial charge in [-0.2, -0.15) is 0 Å². The van der Waals surface area contributed by atoms with Gasteiger partial charge in [-0.1, -0.05) is 18.2 Å². The fourth-order valence-corrected chi connectivity index (χ4v) is 1.64. The number of nitrogens with one attached hydrogen (secondary N) is 1. The van der Waals surface area contributed by atoms with Crippen LogP contribution in [0.5, 0.6) is 0 Å². The summed E-state index contributed by atoms with van der Waals surface area (Å²) in [7, 11) is 1.86. The van der Waals surface area contributed by atoms with Crippen LogP contribution in [-0.2, 0) is 4.74 Å². The molecule has 1 aromatic rings. The van der Waals surface area contributed by atoms with Crippen LogP contribution in [0, 0.1) is 0 Å². The van der Waals surface area contributed by atoms with Crippen molar-refractivity contribution < 1.29 is 4.74 Å². The van der Waals surface area contributed by atoms with Crippen molar-refractivity contribution in [3.63, 3.8) is 0 Å². The molecule has 4 heteroatoms. The summed E-state index contributed by atoms with van der Waals surface area (Å²) in [5, 5.41) is 1.92. The zero-order chi connectivity index (χ0) is 10.7. The maximum Gasteiger partial charge on any atom is 0.241 e. The fraction of sp³-hybridized carbons (Fsp3) is 0.364. The van der Waals surface area contributed by atoms with Crippen molar-refractivity contribution in [3.8, 4) is 0 Å². The van der Waals surface area contributed by atoms with Crippen LogP contribution in [-0.4, -0.2) is 26.2 Å². The first-order chi connectivity index (χ1) is 7.36. The van der Waals surface area contributed by atoms with Crippen LogP contribution in [0.4, 0.5) is 5.69 Å². The molecule has 1 N–H and O–H groups in total. The van der Waals surface area contributed by atoms with Gasteiger partial charge in [-0.3, -0.25) is 5.01 Å². The Morgan fingerprint density at radius 1 is 1.47 bits per heavy atom. The maximum absolute atomic E-state index is 5.51. The van der Waals surface area contributed by atoms with Crippen LogP contribution in [0.2, 0.25) is 0 Å². The highest BCUT2D eigenvalue weighted by Gasteiger charge is 2.22. The minimum Gasteiger partial charge on any atom is -0.338 e. The molecule has 0 saturated heterocycles. The first-order valence-electron chi connectivity index (χ1n) is 5.07. The van der Waals surface area contributed by atoms with Crippen molar-refractivity contribution in [3.05, 3.63) is 29.8 Å². The molecule has 0 amide bonds. The Morgan fingerprint density at radius 2 is 2.27 bits per heavy atom. The van der Waals surface area contributed by atoms with Gasteiger partial charge in [0.25, 0.3) is 0 Å². The van der Waals surface area contributed by atoms with Gasteiger partial charge in [0, 0.05) is 25.4 Å². The molecule has 0 radical (unpaired) electrons. The minimum absolute atomic E-state index is 0.269. The van der Waals surface area contributed by atoms with E-state index in [0.29, 0.717) is 6.61 Å². The van der Waals surface area contributed by atoms with Gasteiger partial charge in [0.15, 0.2) is 0 Å². The van der Waals surface area contributed by atoms with Crippen LogP contribution in [0.1, 0.15) is 12.5 Å². The lowest BCUT2D eigenvalue weighted by molar-refractivity contribution is 0.0599. The fourth-order valence-electron chi connectivity index (χ4n) is 1.64. The first kappa shape index (κ1) is 10.1. The van der Waals surface area contributed by atoms with Gasteiger partial charge in [0.05, 0.1) is 5.69 Å². The number of hydrogen-bond acceptors (Lipinski definition) is 4. The second-order valence-electron chi connectivity index (χ2n) is 3.21. The van der Waals surface area contributed by atoms with Crippen molar-refractivity contribution in [1.82, 2.24) is 5.43 Å². The van der Waals surface area contributed by atoms with E-state index in [1.54, 1.807) is 0 Å². The monoisotopic (exact) mass is 205 g/mol. The topological polar surface area (TPSA) is 36.9 Å². The molecule has 0 bridgehead atoms. The average Bonchev–Trinajstić information content (AvgIpc) is 2.29. The van der Waals surface area contributed by atoms with E-state index in [4.69, 9.17) is 4.74 Å². The van der Waals surface area contributed by atoms with E-state index in [1.807, 2.05) is 49.5 Å². The Bertz CT molecular complexity index is 365. The number of benzene rings is 1. The second-order valence-corrected chi connectivity index (χ2v) is 3.21. The van der Waals surface area contributed by atoms with E-state index in [-0.39, 0.29) is 6.35 Å². The predicted octanol–water partition coefficient (Wildman–Crippen LogP) is 1.38. The molecule has 1 aromatic carbocycles. The Balaban J connectivity index is 2.32. The van der Waals surface area contributed by atoms with Crippen molar-refractivity contribution in [2.45, 2.75) is 13.3 Å². The van der Waals surface area contributed by atoms with E-state index in [9.17, 15) is 0 Å². The number of anilines is 1. The third-order valence-corrected chi connectivity index (χ3v) is 2.31. The van der Waals surface area contributed by atoms with Crippen LogP contribution >= 0.6 is 0 Å². The summed E-state index contributed by atoms with van der Waals surface area (Å²) in [6.45, 7) is 2.60. The quantitative estimate of drug-likeness (QED) is 0.810. The molecule has 2 rings (SSSR count). The Hall–Kier alpha value is -1.39. The van der Waals surface area contributed by atoms with Gasteiger partial charge in [-0.05, 0) is 13.0 Å². The van der Waals surface area contributed by atoms with Gasteiger partial charge in [0.1, 0.15) is 0 Å². The highest BCUT2D eigenvalue weighted by atomic mass is 16.5. The molecular formula is C11H15N3O. The second kappa shape index (κ2) is 4.42. The Labute approximate surface area is 89.5 Å². The molecule has 0 aliphatic carbocycles. The molecule has 1 unspecified atom stereocenters. The smallest absolute Gasteiger partial charge is 0.241 e. The molecule has 0 aromatic heterocycles. The Morgan fingerprint density at radius 3 is 3.00 bits per heavy atom.